The van der Waals surface area contributed by atoms with Crippen molar-refractivity contribution in [2.75, 3.05) is 66.0 Å². The molecule has 216 valence electrons. The number of alkyl carbamates (subject to hydrolysis) is 1. The second-order valence-corrected chi connectivity index (χ2v) is 9.48. The first-order chi connectivity index (χ1) is 18.8. The van der Waals surface area contributed by atoms with Crippen LogP contribution in [0.3, 0.4) is 0 Å². The molecule has 10 heteroatoms. The Morgan fingerprint density at radius 1 is 0.744 bits per heavy atom. The van der Waals surface area contributed by atoms with Crippen LogP contribution >= 0.6 is 0 Å². The first-order valence-electron chi connectivity index (χ1n) is 13.0. The third-order valence-electron chi connectivity index (χ3n) is 5.10. The molecule has 2 N–H and O–H groups in total. The summed E-state index contributed by atoms with van der Waals surface area (Å²) < 4.78 is 32.7. The molecular formula is C29H41NO9. The predicted molar refractivity (Wildman–Crippen MR) is 145 cm³/mol. The third kappa shape index (κ3) is 14.5. The van der Waals surface area contributed by atoms with Crippen LogP contribution in [0, 0.1) is 0 Å². The van der Waals surface area contributed by atoms with E-state index in [1.165, 1.54) is 0 Å². The lowest BCUT2D eigenvalue weighted by Gasteiger charge is -2.19. The minimum Gasteiger partial charge on any atom is -0.491 e. The highest BCUT2D eigenvalue weighted by molar-refractivity contribution is 5.80. The lowest BCUT2D eigenvalue weighted by Crippen LogP contribution is -2.34. The number of carbonyl (C=O) groups is 2. The minimum atomic E-state index is -0.912. The number of nitrogens with one attached hydrogen (secondary N) is 1. The molecule has 39 heavy (non-hydrogen) atoms. The van der Waals surface area contributed by atoms with Crippen LogP contribution in [0.2, 0.25) is 0 Å². The van der Waals surface area contributed by atoms with Crippen molar-refractivity contribution in [3.05, 3.63) is 65.7 Å². The Morgan fingerprint density at radius 2 is 1.28 bits per heavy atom. The van der Waals surface area contributed by atoms with E-state index < -0.39 is 23.6 Å². The fourth-order valence-corrected chi connectivity index (χ4v) is 3.43. The average molecular weight is 548 g/mol. The Labute approximate surface area is 230 Å². The van der Waals surface area contributed by atoms with Crippen molar-refractivity contribution >= 4 is 12.1 Å². The van der Waals surface area contributed by atoms with Crippen LogP contribution < -0.4 is 10.1 Å². The molecule has 10 nitrogen and oxygen atoms in total. The van der Waals surface area contributed by atoms with Gasteiger partial charge in [0.1, 0.15) is 23.9 Å². The summed E-state index contributed by atoms with van der Waals surface area (Å²) in [7, 11) is 0. The standard InChI is InChI=1S/C29H41NO9/c1-29(2,3)39-28(33)30-12-13-34-14-15-35-16-17-36-18-19-37-20-21-38-25-11-7-10-24(22-25)26(27(31)32)23-8-5-4-6-9-23/h4-11,22,26H,12-21H2,1-3H3,(H,30,33)(H,31,32). The second-order valence-electron chi connectivity index (χ2n) is 9.48. The lowest BCUT2D eigenvalue weighted by atomic mass is 9.91. The van der Waals surface area contributed by atoms with Gasteiger partial charge in [-0.1, -0.05) is 42.5 Å². The van der Waals surface area contributed by atoms with Gasteiger partial charge < -0.3 is 38.8 Å². The summed E-state index contributed by atoms with van der Waals surface area (Å²) in [5.74, 6) is -1.08. The van der Waals surface area contributed by atoms with E-state index in [0.717, 1.165) is 0 Å². The Hall–Kier alpha value is -3.18. The fraction of sp³-hybridized carbons (Fsp3) is 0.517. The Balaban J connectivity index is 1.45. The number of aliphatic carboxylic acids is 1. The molecule has 0 saturated carbocycles. The van der Waals surface area contributed by atoms with Crippen molar-refractivity contribution in [2.45, 2.75) is 32.3 Å². The molecule has 0 saturated heterocycles. The first kappa shape index (κ1) is 32.0. The molecule has 1 amide bonds. The van der Waals surface area contributed by atoms with Gasteiger partial charge in [0, 0.05) is 6.54 Å². The molecular weight excluding hydrogens is 506 g/mol. The zero-order valence-electron chi connectivity index (χ0n) is 23.1. The zero-order valence-corrected chi connectivity index (χ0v) is 23.1. The molecule has 1 atom stereocenters. The van der Waals surface area contributed by atoms with Gasteiger partial charge in [-0.15, -0.1) is 0 Å². The van der Waals surface area contributed by atoms with Gasteiger partial charge in [0.15, 0.2) is 0 Å². The fourth-order valence-electron chi connectivity index (χ4n) is 3.43. The summed E-state index contributed by atoms with van der Waals surface area (Å²) in [5, 5.41) is 12.3. The van der Waals surface area contributed by atoms with Crippen LogP contribution in [0.25, 0.3) is 0 Å². The topological polar surface area (TPSA) is 122 Å². The molecule has 0 bridgehead atoms. The van der Waals surface area contributed by atoms with Crippen LogP contribution in [-0.2, 0) is 28.5 Å². The Kier molecular flexibility index (Phi) is 14.9. The Bertz CT molecular complexity index is 963. The summed E-state index contributed by atoms with van der Waals surface area (Å²) in [6.45, 7) is 9.49. The second kappa shape index (κ2) is 18.2. The largest absolute Gasteiger partial charge is 0.491 e. The number of hydrogen-bond donors (Lipinski definition) is 2. The molecule has 0 aliphatic heterocycles. The van der Waals surface area contributed by atoms with Crippen molar-refractivity contribution in [1.82, 2.24) is 5.32 Å². The van der Waals surface area contributed by atoms with Crippen molar-refractivity contribution in [3.8, 4) is 5.75 Å². The maximum absolute atomic E-state index is 11.9. The van der Waals surface area contributed by atoms with Gasteiger partial charge in [0.25, 0.3) is 0 Å². The van der Waals surface area contributed by atoms with E-state index in [1.54, 1.807) is 36.4 Å². The van der Waals surface area contributed by atoms with Crippen LogP contribution in [0.1, 0.15) is 37.8 Å². The highest BCUT2D eigenvalue weighted by Crippen LogP contribution is 2.27. The van der Waals surface area contributed by atoms with E-state index in [0.29, 0.717) is 82.9 Å². The van der Waals surface area contributed by atoms with Gasteiger partial charge in [0.2, 0.25) is 0 Å². The van der Waals surface area contributed by atoms with E-state index in [1.807, 2.05) is 39.0 Å². The van der Waals surface area contributed by atoms with Gasteiger partial charge in [-0.3, -0.25) is 4.79 Å². The molecule has 0 fully saturated rings. The molecule has 0 radical (unpaired) electrons. The van der Waals surface area contributed by atoms with Crippen LogP contribution in [0.4, 0.5) is 4.79 Å². The van der Waals surface area contributed by atoms with Crippen LogP contribution in [0.15, 0.2) is 54.6 Å². The molecule has 0 aliphatic rings. The average Bonchev–Trinajstić information content (AvgIpc) is 2.88. The van der Waals surface area contributed by atoms with E-state index in [4.69, 9.17) is 28.4 Å². The molecule has 2 rings (SSSR count). The number of amides is 1. The first-order valence-corrected chi connectivity index (χ1v) is 13.0. The predicted octanol–water partition coefficient (Wildman–Crippen LogP) is 3.87. The van der Waals surface area contributed by atoms with Gasteiger partial charge in [-0.05, 0) is 44.0 Å². The number of benzene rings is 2. The van der Waals surface area contributed by atoms with Crippen molar-refractivity contribution in [3.63, 3.8) is 0 Å². The zero-order chi connectivity index (χ0) is 28.3. The minimum absolute atomic E-state index is 0.336. The van der Waals surface area contributed by atoms with Crippen molar-refractivity contribution in [2.24, 2.45) is 0 Å². The molecule has 0 aliphatic carbocycles. The van der Waals surface area contributed by atoms with Crippen LogP contribution in [-0.4, -0.2) is 88.8 Å². The van der Waals surface area contributed by atoms with E-state index in [9.17, 15) is 14.7 Å². The number of ether oxygens (including phenoxy) is 6. The van der Waals surface area contributed by atoms with Crippen molar-refractivity contribution < 1.29 is 43.1 Å². The highest BCUT2D eigenvalue weighted by atomic mass is 16.6. The maximum atomic E-state index is 11.9. The SMILES string of the molecule is CC(C)(C)OC(=O)NCCOCCOCCOCCOCCOc1cccc(C(C(=O)O)c2ccccc2)c1. The lowest BCUT2D eigenvalue weighted by molar-refractivity contribution is -0.137. The van der Waals surface area contributed by atoms with Gasteiger partial charge >= 0.3 is 12.1 Å². The van der Waals surface area contributed by atoms with Gasteiger partial charge in [-0.2, -0.15) is 0 Å². The van der Waals surface area contributed by atoms with Crippen molar-refractivity contribution in [1.29, 1.82) is 0 Å². The monoisotopic (exact) mass is 547 g/mol. The summed E-state index contributed by atoms with van der Waals surface area (Å²) in [4.78, 5) is 23.4. The number of carboxylic acid groups (broad SMARTS) is 1. The smallest absolute Gasteiger partial charge is 0.407 e. The molecule has 2 aromatic rings. The summed E-state index contributed by atoms with van der Waals surface area (Å²) in [6, 6.07) is 16.2. The van der Waals surface area contributed by atoms with Gasteiger partial charge in [-0.25, -0.2) is 4.79 Å². The molecule has 0 aromatic heterocycles. The quantitative estimate of drug-likeness (QED) is 0.252. The van der Waals surface area contributed by atoms with Gasteiger partial charge in [0.05, 0.1) is 52.9 Å². The van der Waals surface area contributed by atoms with Crippen LogP contribution in [0.5, 0.6) is 5.75 Å². The molecule has 0 spiro atoms. The highest BCUT2D eigenvalue weighted by Gasteiger charge is 2.22. The number of hydrogen-bond acceptors (Lipinski definition) is 8. The number of carboxylic acids is 1. The van der Waals surface area contributed by atoms with E-state index in [2.05, 4.69) is 5.32 Å². The summed E-state index contributed by atoms with van der Waals surface area (Å²) >= 11 is 0. The number of carbonyl (C=O) groups excluding carboxylic acids is 1. The molecule has 0 heterocycles. The molecule has 2 aromatic carbocycles. The van der Waals surface area contributed by atoms with E-state index in [-0.39, 0.29) is 0 Å². The number of rotatable bonds is 19. The van der Waals surface area contributed by atoms with E-state index >= 15 is 0 Å². The molecule has 1 unspecified atom stereocenters. The maximum Gasteiger partial charge on any atom is 0.407 e. The third-order valence-corrected chi connectivity index (χ3v) is 5.10. The summed E-state index contributed by atoms with van der Waals surface area (Å²) in [5.41, 5.74) is 0.854. The summed E-state index contributed by atoms with van der Waals surface area (Å²) in [6.07, 6.45) is -0.462. The normalized spacial score (nSPS) is 12.1. The Morgan fingerprint density at radius 3 is 1.85 bits per heavy atom.